The van der Waals surface area contributed by atoms with Crippen LogP contribution in [0.1, 0.15) is 15.9 Å². The van der Waals surface area contributed by atoms with E-state index < -0.39 is 15.9 Å². The van der Waals surface area contributed by atoms with Crippen LogP contribution in [-0.2, 0) is 0 Å². The van der Waals surface area contributed by atoms with E-state index in [1.807, 2.05) is 0 Å². The van der Waals surface area contributed by atoms with Gasteiger partial charge in [0, 0.05) is 5.56 Å². The van der Waals surface area contributed by atoms with E-state index in [2.05, 4.69) is 0 Å². The van der Waals surface area contributed by atoms with Crippen LogP contribution in [0.4, 0.5) is 5.69 Å². The number of rotatable bonds is 4. The molecule has 6 nitrogen and oxygen atoms in total. The second kappa shape index (κ2) is 5.01. The van der Waals surface area contributed by atoms with Crippen LogP contribution in [-0.4, -0.2) is 24.4 Å². The lowest BCUT2D eigenvalue weighted by molar-refractivity contribution is -0.386. The number of methoxy groups -OCH3 is 2. The largest absolute Gasteiger partial charge is 0.496 e. The number of ether oxygens (including phenoxy) is 2. The fourth-order valence-electron chi connectivity index (χ4n) is 1.51. The Morgan fingerprint density at radius 2 is 2.00 bits per heavy atom. The van der Waals surface area contributed by atoms with Gasteiger partial charge in [-0.1, -0.05) is 0 Å². The topological polar surface area (TPSA) is 78.7 Å². The molecule has 0 saturated heterocycles. The molecule has 0 amide bonds. The summed E-state index contributed by atoms with van der Waals surface area (Å²) >= 11 is 5.31. The van der Waals surface area contributed by atoms with Crippen LogP contribution in [0, 0.1) is 17.0 Å². The van der Waals surface area contributed by atoms with Gasteiger partial charge in [0.1, 0.15) is 11.3 Å². The van der Waals surface area contributed by atoms with Crippen LogP contribution in [0.25, 0.3) is 0 Å². The second-order valence-electron chi connectivity index (χ2n) is 3.16. The molecule has 92 valence electrons. The number of nitrogens with zero attached hydrogens (tertiary/aromatic N) is 1. The Morgan fingerprint density at radius 1 is 1.41 bits per heavy atom. The van der Waals surface area contributed by atoms with Gasteiger partial charge in [-0.15, -0.1) is 0 Å². The molecule has 17 heavy (non-hydrogen) atoms. The summed E-state index contributed by atoms with van der Waals surface area (Å²) in [5, 5.41) is 9.99. The van der Waals surface area contributed by atoms with Crippen molar-refractivity contribution >= 4 is 22.5 Å². The van der Waals surface area contributed by atoms with Crippen molar-refractivity contribution in [1.82, 2.24) is 0 Å². The van der Waals surface area contributed by atoms with Gasteiger partial charge >= 0.3 is 5.69 Å². The van der Waals surface area contributed by atoms with E-state index in [1.54, 1.807) is 6.92 Å². The molecule has 0 atom stereocenters. The molecular weight excluding hydrogens is 250 g/mol. The number of halogens is 1. The monoisotopic (exact) mass is 259 g/mol. The predicted octanol–water partition coefficient (Wildman–Crippen LogP) is 2.30. The summed E-state index contributed by atoms with van der Waals surface area (Å²) in [5.41, 5.74) is -0.273. The third-order valence-electron chi connectivity index (χ3n) is 2.27. The summed E-state index contributed by atoms with van der Waals surface area (Å²) in [7, 11) is 2.66. The van der Waals surface area contributed by atoms with Gasteiger partial charge in [-0.05, 0) is 24.6 Å². The minimum atomic E-state index is -0.937. The van der Waals surface area contributed by atoms with Crippen molar-refractivity contribution in [3.8, 4) is 11.5 Å². The van der Waals surface area contributed by atoms with Gasteiger partial charge in [-0.2, -0.15) is 0 Å². The highest BCUT2D eigenvalue weighted by atomic mass is 35.5. The molecule has 1 aromatic rings. The van der Waals surface area contributed by atoms with Gasteiger partial charge in [0.2, 0.25) is 5.75 Å². The number of hydrogen-bond donors (Lipinski definition) is 0. The standard InChI is InChI=1S/C10H10ClNO5/c1-5-7(16-2)4-6(10(11)13)8(12(14)15)9(5)17-3/h4H,1-3H3. The van der Waals surface area contributed by atoms with E-state index in [1.165, 1.54) is 20.3 Å². The number of carbonyl (C=O) groups excluding carboxylic acids is 1. The maximum atomic E-state index is 11.2. The predicted molar refractivity (Wildman–Crippen MR) is 61.1 cm³/mol. The zero-order valence-corrected chi connectivity index (χ0v) is 10.2. The molecule has 0 heterocycles. The Bertz CT molecular complexity index is 486. The van der Waals surface area contributed by atoms with E-state index in [0.717, 1.165) is 0 Å². The van der Waals surface area contributed by atoms with Crippen LogP contribution >= 0.6 is 11.6 Å². The molecule has 0 aliphatic carbocycles. The summed E-state index contributed by atoms with van der Waals surface area (Å²) < 4.78 is 9.94. The average molecular weight is 260 g/mol. The van der Waals surface area contributed by atoms with Crippen molar-refractivity contribution in [3.63, 3.8) is 0 Å². The van der Waals surface area contributed by atoms with E-state index >= 15 is 0 Å². The first-order chi connectivity index (χ1) is 7.93. The number of hydrogen-bond acceptors (Lipinski definition) is 5. The lowest BCUT2D eigenvalue weighted by Gasteiger charge is -2.11. The molecule has 0 N–H and O–H groups in total. The maximum Gasteiger partial charge on any atom is 0.323 e. The van der Waals surface area contributed by atoms with E-state index in [4.69, 9.17) is 21.1 Å². The van der Waals surface area contributed by atoms with Crippen molar-refractivity contribution < 1.29 is 19.2 Å². The van der Waals surface area contributed by atoms with Gasteiger partial charge in [-0.3, -0.25) is 14.9 Å². The number of nitro groups is 1. The van der Waals surface area contributed by atoms with Crippen LogP contribution in [0.2, 0.25) is 0 Å². The second-order valence-corrected chi connectivity index (χ2v) is 3.51. The average Bonchev–Trinajstić information content (AvgIpc) is 2.27. The first kappa shape index (κ1) is 13.2. The van der Waals surface area contributed by atoms with Crippen LogP contribution in [0.5, 0.6) is 11.5 Å². The third kappa shape index (κ3) is 2.31. The quantitative estimate of drug-likeness (QED) is 0.471. The molecule has 1 rings (SSSR count). The fraction of sp³-hybridized carbons (Fsp3) is 0.300. The lowest BCUT2D eigenvalue weighted by Crippen LogP contribution is -2.04. The zero-order chi connectivity index (χ0) is 13.2. The van der Waals surface area contributed by atoms with Crippen LogP contribution in [0.15, 0.2) is 6.07 Å². The molecule has 0 saturated carbocycles. The molecule has 0 aliphatic rings. The molecule has 0 aliphatic heterocycles. The number of nitro benzene ring substituents is 1. The molecule has 7 heteroatoms. The Hall–Kier alpha value is -1.82. The van der Waals surface area contributed by atoms with Gasteiger partial charge < -0.3 is 9.47 Å². The molecule has 1 aromatic carbocycles. The van der Waals surface area contributed by atoms with E-state index in [-0.39, 0.29) is 11.3 Å². The fourth-order valence-corrected chi connectivity index (χ4v) is 1.66. The number of carbonyl (C=O) groups is 1. The molecule has 0 radical (unpaired) electrons. The van der Waals surface area contributed by atoms with Crippen molar-refractivity contribution in [3.05, 3.63) is 27.3 Å². The van der Waals surface area contributed by atoms with Crippen molar-refractivity contribution in [2.45, 2.75) is 6.92 Å². The lowest BCUT2D eigenvalue weighted by atomic mass is 10.1. The first-order valence-corrected chi connectivity index (χ1v) is 4.91. The summed E-state index contributed by atoms with van der Waals surface area (Å²) in [6.45, 7) is 1.59. The molecule has 0 aromatic heterocycles. The minimum Gasteiger partial charge on any atom is -0.496 e. The molecule has 0 spiro atoms. The molecule has 0 bridgehead atoms. The van der Waals surface area contributed by atoms with Gasteiger partial charge in [-0.25, -0.2) is 0 Å². The van der Waals surface area contributed by atoms with Gasteiger partial charge in [0.15, 0.2) is 0 Å². The molecule has 0 unspecified atom stereocenters. The Labute approximate surface area is 102 Å². The summed E-state index contributed by atoms with van der Waals surface area (Å²) in [6, 6.07) is 1.23. The zero-order valence-electron chi connectivity index (χ0n) is 9.44. The maximum absolute atomic E-state index is 11.2. The normalized spacial score (nSPS) is 9.88. The SMILES string of the molecule is COc1cc(C(=O)Cl)c([N+](=O)[O-])c(OC)c1C. The summed E-state index contributed by atoms with van der Waals surface area (Å²) in [6.07, 6.45) is 0. The van der Waals surface area contributed by atoms with E-state index in [0.29, 0.717) is 11.3 Å². The van der Waals surface area contributed by atoms with Gasteiger partial charge in [0.05, 0.1) is 19.1 Å². The highest BCUT2D eigenvalue weighted by Crippen LogP contribution is 2.40. The Morgan fingerprint density at radius 3 is 2.35 bits per heavy atom. The third-order valence-corrected chi connectivity index (χ3v) is 2.48. The van der Waals surface area contributed by atoms with Crippen molar-refractivity contribution in [2.24, 2.45) is 0 Å². The number of benzene rings is 1. The van der Waals surface area contributed by atoms with Crippen LogP contribution < -0.4 is 9.47 Å². The Balaban J connectivity index is 3.70. The summed E-state index contributed by atoms with van der Waals surface area (Å²) in [4.78, 5) is 21.4. The van der Waals surface area contributed by atoms with Crippen LogP contribution in [0.3, 0.4) is 0 Å². The van der Waals surface area contributed by atoms with Crippen molar-refractivity contribution in [2.75, 3.05) is 14.2 Å². The minimum absolute atomic E-state index is 0.0293. The van der Waals surface area contributed by atoms with Crippen molar-refractivity contribution in [1.29, 1.82) is 0 Å². The highest BCUT2D eigenvalue weighted by molar-refractivity contribution is 6.68. The smallest absolute Gasteiger partial charge is 0.323 e. The van der Waals surface area contributed by atoms with Gasteiger partial charge in [0.25, 0.3) is 5.24 Å². The molecule has 0 fully saturated rings. The highest BCUT2D eigenvalue weighted by Gasteiger charge is 2.29. The Kier molecular flexibility index (Phi) is 3.90. The summed E-state index contributed by atoms with van der Waals surface area (Å²) in [5.74, 6) is 0.273. The first-order valence-electron chi connectivity index (χ1n) is 4.53. The molecular formula is C10H10ClNO5. The van der Waals surface area contributed by atoms with E-state index in [9.17, 15) is 14.9 Å².